The summed E-state index contributed by atoms with van der Waals surface area (Å²) >= 11 is 0. The molecule has 0 amide bonds. The molecule has 4 heteroatoms. The summed E-state index contributed by atoms with van der Waals surface area (Å²) in [6, 6.07) is 0.186. The normalized spacial score (nSPS) is 47.7. The van der Waals surface area contributed by atoms with E-state index >= 15 is 0 Å². The highest BCUT2D eigenvalue weighted by Crippen LogP contribution is 2.66. The van der Waals surface area contributed by atoms with Crippen LogP contribution in [0.15, 0.2) is 24.5 Å². The van der Waals surface area contributed by atoms with Crippen LogP contribution in [0.3, 0.4) is 0 Å². The molecule has 9 unspecified atom stereocenters. The van der Waals surface area contributed by atoms with Crippen LogP contribution < -0.4 is 5.73 Å². The number of nitrogens with two attached hydrogens (primary N) is 1. The predicted octanol–water partition coefficient (Wildman–Crippen LogP) is 5.38. The minimum Gasteiger partial charge on any atom is -0.325 e. The van der Waals surface area contributed by atoms with Crippen LogP contribution in [-0.2, 0) is 0 Å². The fourth-order valence-corrected chi connectivity index (χ4v) is 8.72. The molecule has 0 radical (unpaired) electrons. The van der Waals surface area contributed by atoms with Gasteiger partial charge in [-0.3, -0.25) is 0 Å². The molecule has 5 rings (SSSR count). The lowest BCUT2D eigenvalue weighted by Crippen LogP contribution is -2.60. The van der Waals surface area contributed by atoms with Gasteiger partial charge in [0, 0.05) is 5.54 Å². The molecule has 0 saturated heterocycles. The Morgan fingerprint density at radius 1 is 1.03 bits per heavy atom. The number of allylic oxidation sites excluding steroid dienone is 1. The maximum atomic E-state index is 7.07. The van der Waals surface area contributed by atoms with Crippen molar-refractivity contribution in [3.05, 3.63) is 24.5 Å². The molecule has 1 heterocycles. The Hall–Kier alpha value is -1.16. The van der Waals surface area contributed by atoms with Crippen LogP contribution >= 0.6 is 0 Å². The monoisotopic (exact) mass is 396 g/mol. The first kappa shape index (κ1) is 19.8. The molecule has 1 aromatic heterocycles. The van der Waals surface area contributed by atoms with Gasteiger partial charge in [0.1, 0.15) is 0 Å². The summed E-state index contributed by atoms with van der Waals surface area (Å²) in [7, 11) is 0. The highest BCUT2D eigenvalue weighted by molar-refractivity contribution is 5.19. The molecule has 160 valence electrons. The van der Waals surface area contributed by atoms with Gasteiger partial charge in [0.05, 0.1) is 18.4 Å². The summed E-state index contributed by atoms with van der Waals surface area (Å²) in [6.45, 7) is 11.8. The Bertz CT molecular complexity index is 757. The average Bonchev–Trinajstić information content (AvgIpc) is 3.33. The molecule has 0 bridgehead atoms. The van der Waals surface area contributed by atoms with Crippen LogP contribution in [0, 0.1) is 40.9 Å². The standard InChI is InChI=1S/C25H40N4/c1-16-5-6-23-20-9-11-24(4)21(17(2)18(3)29-27-13-14-28-29)7-8-22(24)19(20)10-12-25(23,26)15-16/h13-14,16,18-23H,2,5-12,15,26H2,1,3-4H3. The zero-order valence-electron chi connectivity index (χ0n) is 18.7. The molecule has 0 spiro atoms. The lowest BCUT2D eigenvalue weighted by atomic mass is 9.47. The minimum atomic E-state index is 0.133. The first-order chi connectivity index (χ1) is 13.8. The van der Waals surface area contributed by atoms with E-state index in [0.29, 0.717) is 11.3 Å². The largest absolute Gasteiger partial charge is 0.325 e. The molecule has 4 nitrogen and oxygen atoms in total. The van der Waals surface area contributed by atoms with Gasteiger partial charge in [0.2, 0.25) is 0 Å². The predicted molar refractivity (Wildman–Crippen MR) is 117 cm³/mol. The molecule has 9 atom stereocenters. The minimum absolute atomic E-state index is 0.133. The van der Waals surface area contributed by atoms with E-state index < -0.39 is 0 Å². The second-order valence-electron chi connectivity index (χ2n) is 11.5. The van der Waals surface area contributed by atoms with Crippen molar-refractivity contribution in [2.75, 3.05) is 0 Å². The van der Waals surface area contributed by atoms with Crippen LogP contribution in [0.25, 0.3) is 0 Å². The summed E-state index contributed by atoms with van der Waals surface area (Å²) in [5.74, 6) is 4.81. The maximum Gasteiger partial charge on any atom is 0.0897 e. The molecule has 4 saturated carbocycles. The van der Waals surface area contributed by atoms with Gasteiger partial charge in [-0.1, -0.05) is 26.8 Å². The van der Waals surface area contributed by atoms with E-state index in [2.05, 4.69) is 37.5 Å². The SMILES string of the molecule is C=C(C(C)n1nccn1)C1CCC2C3CCC4(N)CC(C)CCC4C3CCC12C. The maximum absolute atomic E-state index is 7.07. The number of aromatic nitrogens is 3. The van der Waals surface area contributed by atoms with E-state index in [1.165, 1.54) is 63.4 Å². The number of fused-ring (bicyclic) bond motifs is 5. The van der Waals surface area contributed by atoms with Gasteiger partial charge in [0.15, 0.2) is 0 Å². The fourth-order valence-electron chi connectivity index (χ4n) is 8.72. The average molecular weight is 397 g/mol. The van der Waals surface area contributed by atoms with Gasteiger partial charge in [0.25, 0.3) is 0 Å². The Kier molecular flexibility index (Phi) is 4.73. The van der Waals surface area contributed by atoms with Crippen molar-refractivity contribution in [1.29, 1.82) is 0 Å². The molecule has 2 N–H and O–H groups in total. The highest BCUT2D eigenvalue weighted by atomic mass is 15.5. The second-order valence-corrected chi connectivity index (χ2v) is 11.5. The topological polar surface area (TPSA) is 56.7 Å². The number of rotatable bonds is 3. The first-order valence-electron chi connectivity index (χ1n) is 12.2. The van der Waals surface area contributed by atoms with Crippen LogP contribution in [0.2, 0.25) is 0 Å². The van der Waals surface area contributed by atoms with Crippen LogP contribution in [0.1, 0.15) is 84.6 Å². The Morgan fingerprint density at radius 2 is 1.69 bits per heavy atom. The zero-order valence-corrected chi connectivity index (χ0v) is 18.7. The summed E-state index contributed by atoms with van der Waals surface area (Å²) < 4.78 is 0. The summed E-state index contributed by atoms with van der Waals surface area (Å²) in [4.78, 5) is 1.84. The smallest absolute Gasteiger partial charge is 0.0897 e. The molecule has 0 aliphatic heterocycles. The fraction of sp³-hybridized carbons (Fsp3) is 0.840. The molecule has 4 fully saturated rings. The van der Waals surface area contributed by atoms with Gasteiger partial charge < -0.3 is 5.73 Å². The zero-order chi connectivity index (χ0) is 20.4. The number of nitrogens with zero attached hydrogens (tertiary/aromatic N) is 3. The van der Waals surface area contributed by atoms with E-state index in [0.717, 1.165) is 29.6 Å². The van der Waals surface area contributed by atoms with Gasteiger partial charge in [-0.15, -0.1) is 0 Å². The lowest BCUT2D eigenvalue weighted by molar-refractivity contribution is -0.0739. The van der Waals surface area contributed by atoms with Crippen molar-refractivity contribution in [2.45, 2.75) is 90.1 Å². The third-order valence-electron chi connectivity index (χ3n) is 10.2. The van der Waals surface area contributed by atoms with Crippen LogP contribution in [0.4, 0.5) is 0 Å². The van der Waals surface area contributed by atoms with Gasteiger partial charge >= 0.3 is 0 Å². The van der Waals surface area contributed by atoms with E-state index in [-0.39, 0.29) is 11.6 Å². The molecular weight excluding hydrogens is 356 g/mol. The Labute approximate surface area is 176 Å². The third kappa shape index (κ3) is 2.96. The molecule has 4 aliphatic rings. The molecule has 4 aliphatic carbocycles. The Balaban J connectivity index is 1.37. The van der Waals surface area contributed by atoms with Crippen molar-refractivity contribution in [3.8, 4) is 0 Å². The van der Waals surface area contributed by atoms with Crippen molar-refractivity contribution in [1.82, 2.24) is 15.0 Å². The van der Waals surface area contributed by atoms with Crippen molar-refractivity contribution in [3.63, 3.8) is 0 Å². The van der Waals surface area contributed by atoms with E-state index in [4.69, 9.17) is 5.73 Å². The van der Waals surface area contributed by atoms with Gasteiger partial charge in [-0.05, 0) is 105 Å². The second kappa shape index (κ2) is 6.93. The molecule has 1 aromatic rings. The van der Waals surface area contributed by atoms with Gasteiger partial charge in [-0.25, -0.2) is 0 Å². The Morgan fingerprint density at radius 3 is 2.45 bits per heavy atom. The van der Waals surface area contributed by atoms with Crippen molar-refractivity contribution in [2.24, 2.45) is 46.7 Å². The highest BCUT2D eigenvalue weighted by Gasteiger charge is 2.59. The van der Waals surface area contributed by atoms with Gasteiger partial charge in [-0.2, -0.15) is 15.0 Å². The quantitative estimate of drug-likeness (QED) is 0.698. The van der Waals surface area contributed by atoms with Crippen LogP contribution in [-0.4, -0.2) is 20.5 Å². The summed E-state index contributed by atoms with van der Waals surface area (Å²) in [5, 5.41) is 8.78. The molecule has 29 heavy (non-hydrogen) atoms. The number of hydrogen-bond acceptors (Lipinski definition) is 3. The van der Waals surface area contributed by atoms with E-state index in [1.54, 1.807) is 12.4 Å². The van der Waals surface area contributed by atoms with Crippen molar-refractivity contribution >= 4 is 0 Å². The van der Waals surface area contributed by atoms with E-state index in [9.17, 15) is 0 Å². The summed E-state index contributed by atoms with van der Waals surface area (Å²) in [5.41, 5.74) is 8.95. The van der Waals surface area contributed by atoms with E-state index in [1.807, 2.05) is 4.80 Å². The number of hydrogen-bond donors (Lipinski definition) is 1. The molecular formula is C25H40N4. The first-order valence-corrected chi connectivity index (χ1v) is 12.2. The van der Waals surface area contributed by atoms with Crippen LogP contribution in [0.5, 0.6) is 0 Å². The molecule has 0 aromatic carbocycles. The van der Waals surface area contributed by atoms with Crippen molar-refractivity contribution < 1.29 is 0 Å². The summed E-state index contributed by atoms with van der Waals surface area (Å²) in [6.07, 6.45) is 15.6. The lowest BCUT2D eigenvalue weighted by Gasteiger charge is -2.59. The third-order valence-corrected chi connectivity index (χ3v) is 10.2.